The molecule has 1 amide bonds. The van der Waals surface area contributed by atoms with E-state index in [4.69, 9.17) is 0 Å². The minimum atomic E-state index is -0.885. The molecule has 4 atom stereocenters. The number of hydrogen-bond donors (Lipinski definition) is 4. The lowest BCUT2D eigenvalue weighted by molar-refractivity contribution is -0.125. The largest absolute Gasteiger partial charge is 0.354 e. The maximum atomic E-state index is 13.6. The molecule has 3 aliphatic rings. The SMILES string of the molecule is CC(C)N/C(=N\C1CC(C2CCC(F)CC2)NN1)NC(=O)C1CCCC(F)C1. The Morgan fingerprint density at radius 1 is 1.00 bits per heavy atom. The van der Waals surface area contributed by atoms with Crippen LogP contribution < -0.4 is 21.5 Å². The van der Waals surface area contributed by atoms with Gasteiger partial charge in [-0.05, 0) is 71.1 Å². The van der Waals surface area contributed by atoms with Gasteiger partial charge in [-0.2, -0.15) is 0 Å². The molecular weight excluding hydrogens is 364 g/mol. The number of nitrogens with one attached hydrogen (secondary N) is 4. The molecule has 3 fully saturated rings. The van der Waals surface area contributed by atoms with Crippen LogP contribution in [0.2, 0.25) is 0 Å². The lowest BCUT2D eigenvalue weighted by Gasteiger charge is -2.28. The van der Waals surface area contributed by atoms with E-state index in [-0.39, 0.29) is 30.1 Å². The van der Waals surface area contributed by atoms with Crippen molar-refractivity contribution in [2.24, 2.45) is 16.8 Å². The maximum absolute atomic E-state index is 13.6. The lowest BCUT2D eigenvalue weighted by atomic mass is 9.82. The number of halogens is 2. The standard InChI is InChI=1S/C20H35F2N5O/c1-12(2)23-20(25-19(28)14-4-3-5-16(22)10-14)24-18-11-17(26-27-18)13-6-8-15(21)9-7-13/h12-18,26-27H,3-11H2,1-2H3,(H2,23,24,25,28). The highest BCUT2D eigenvalue weighted by atomic mass is 19.1. The number of amides is 1. The summed E-state index contributed by atoms with van der Waals surface area (Å²) in [5.74, 6) is 0.451. The summed E-state index contributed by atoms with van der Waals surface area (Å²) in [4.78, 5) is 17.2. The van der Waals surface area contributed by atoms with Gasteiger partial charge in [-0.25, -0.2) is 19.2 Å². The normalized spacial score (nSPS) is 37.1. The summed E-state index contributed by atoms with van der Waals surface area (Å²) in [5.41, 5.74) is 6.50. The van der Waals surface area contributed by atoms with E-state index in [0.29, 0.717) is 37.6 Å². The second-order valence-electron chi connectivity index (χ2n) is 8.89. The molecule has 0 bridgehead atoms. The number of carbonyl (C=O) groups is 1. The summed E-state index contributed by atoms with van der Waals surface area (Å²) < 4.78 is 27.0. The zero-order valence-corrected chi connectivity index (χ0v) is 17.0. The van der Waals surface area contributed by atoms with Gasteiger partial charge in [0.15, 0.2) is 5.96 Å². The van der Waals surface area contributed by atoms with Gasteiger partial charge in [0.05, 0.1) is 0 Å². The van der Waals surface area contributed by atoms with E-state index in [1.54, 1.807) is 0 Å². The minimum Gasteiger partial charge on any atom is -0.354 e. The number of nitrogens with zero attached hydrogens (tertiary/aromatic N) is 1. The van der Waals surface area contributed by atoms with Gasteiger partial charge in [0.1, 0.15) is 18.5 Å². The van der Waals surface area contributed by atoms with Crippen LogP contribution in [0, 0.1) is 11.8 Å². The van der Waals surface area contributed by atoms with Crippen molar-refractivity contribution in [3.05, 3.63) is 0 Å². The molecule has 0 aromatic heterocycles. The van der Waals surface area contributed by atoms with Crippen LogP contribution in [-0.4, -0.2) is 42.5 Å². The second-order valence-corrected chi connectivity index (χ2v) is 8.89. The van der Waals surface area contributed by atoms with Crippen molar-refractivity contribution in [1.82, 2.24) is 21.5 Å². The molecule has 160 valence electrons. The van der Waals surface area contributed by atoms with Gasteiger partial charge in [-0.3, -0.25) is 15.5 Å². The molecule has 1 saturated heterocycles. The van der Waals surface area contributed by atoms with Gasteiger partial charge >= 0.3 is 0 Å². The molecule has 3 rings (SSSR count). The van der Waals surface area contributed by atoms with Crippen LogP contribution in [0.3, 0.4) is 0 Å². The molecule has 1 aliphatic heterocycles. The molecule has 8 heteroatoms. The van der Waals surface area contributed by atoms with Gasteiger partial charge in [-0.1, -0.05) is 0 Å². The number of guanidine groups is 1. The monoisotopic (exact) mass is 399 g/mol. The Bertz CT molecular complexity index is 551. The van der Waals surface area contributed by atoms with E-state index in [1.165, 1.54) is 0 Å². The first-order chi connectivity index (χ1) is 13.4. The fourth-order valence-corrected chi connectivity index (χ4v) is 4.56. The topological polar surface area (TPSA) is 77.6 Å². The summed E-state index contributed by atoms with van der Waals surface area (Å²) >= 11 is 0. The van der Waals surface area contributed by atoms with E-state index in [1.807, 2.05) is 13.8 Å². The molecular formula is C20H35F2N5O. The van der Waals surface area contributed by atoms with Gasteiger partial charge in [0, 0.05) is 24.4 Å². The van der Waals surface area contributed by atoms with Crippen molar-refractivity contribution in [3.63, 3.8) is 0 Å². The van der Waals surface area contributed by atoms with Crippen LogP contribution in [0.1, 0.15) is 71.6 Å². The Morgan fingerprint density at radius 3 is 2.43 bits per heavy atom. The summed E-state index contributed by atoms with van der Waals surface area (Å²) in [6.45, 7) is 3.97. The molecule has 0 aromatic carbocycles. The summed E-state index contributed by atoms with van der Waals surface area (Å²) in [6.07, 6.45) is 4.52. The third-order valence-corrected chi connectivity index (χ3v) is 6.12. The average Bonchev–Trinajstić information content (AvgIpc) is 3.10. The quantitative estimate of drug-likeness (QED) is 0.433. The first-order valence-electron chi connectivity index (χ1n) is 10.8. The Labute approximate surface area is 166 Å². The van der Waals surface area contributed by atoms with Gasteiger partial charge in [0.2, 0.25) is 5.91 Å². The lowest BCUT2D eigenvalue weighted by Crippen LogP contribution is -2.48. The molecule has 0 aromatic rings. The molecule has 0 radical (unpaired) electrons. The predicted octanol–water partition coefficient (Wildman–Crippen LogP) is 2.71. The third-order valence-electron chi connectivity index (χ3n) is 6.12. The Balaban J connectivity index is 1.56. The van der Waals surface area contributed by atoms with Crippen LogP contribution in [0.15, 0.2) is 4.99 Å². The number of aliphatic imine (C=N–C) groups is 1. The van der Waals surface area contributed by atoms with Crippen molar-refractivity contribution in [2.45, 2.75) is 102 Å². The van der Waals surface area contributed by atoms with Crippen LogP contribution in [-0.2, 0) is 4.79 Å². The average molecular weight is 400 g/mol. The number of hydrazine groups is 1. The molecule has 28 heavy (non-hydrogen) atoms. The van der Waals surface area contributed by atoms with Crippen LogP contribution in [0.25, 0.3) is 0 Å². The van der Waals surface area contributed by atoms with Crippen LogP contribution in [0.4, 0.5) is 8.78 Å². The Hall–Kier alpha value is -1.28. The first-order valence-corrected chi connectivity index (χ1v) is 10.8. The zero-order chi connectivity index (χ0) is 20.1. The molecule has 1 heterocycles. The van der Waals surface area contributed by atoms with Gasteiger partial charge in [0.25, 0.3) is 0 Å². The molecule has 4 unspecified atom stereocenters. The zero-order valence-electron chi connectivity index (χ0n) is 17.0. The fraction of sp³-hybridized carbons (Fsp3) is 0.900. The van der Waals surface area contributed by atoms with E-state index in [0.717, 1.165) is 32.1 Å². The van der Waals surface area contributed by atoms with E-state index in [2.05, 4.69) is 26.5 Å². The van der Waals surface area contributed by atoms with Gasteiger partial charge in [-0.15, -0.1) is 0 Å². The number of carbonyl (C=O) groups excluding carboxylic acids is 1. The van der Waals surface area contributed by atoms with Crippen LogP contribution in [0.5, 0.6) is 0 Å². The highest BCUT2D eigenvalue weighted by molar-refractivity contribution is 5.98. The summed E-state index contributed by atoms with van der Waals surface area (Å²) in [6, 6.07) is 0.382. The Morgan fingerprint density at radius 2 is 1.75 bits per heavy atom. The van der Waals surface area contributed by atoms with Gasteiger partial charge < -0.3 is 5.32 Å². The molecule has 4 N–H and O–H groups in total. The summed E-state index contributed by atoms with van der Waals surface area (Å²) in [5, 5.41) is 6.08. The third kappa shape index (κ3) is 6.11. The fourth-order valence-electron chi connectivity index (χ4n) is 4.56. The highest BCUT2D eigenvalue weighted by Crippen LogP contribution is 2.31. The first kappa shape index (κ1) is 21.4. The summed E-state index contributed by atoms with van der Waals surface area (Å²) in [7, 11) is 0. The number of rotatable bonds is 4. The maximum Gasteiger partial charge on any atom is 0.229 e. The smallest absolute Gasteiger partial charge is 0.229 e. The van der Waals surface area contributed by atoms with Crippen molar-refractivity contribution in [1.29, 1.82) is 0 Å². The van der Waals surface area contributed by atoms with Crippen molar-refractivity contribution < 1.29 is 13.6 Å². The Kier molecular flexibility index (Phi) is 7.62. The second kappa shape index (κ2) is 9.96. The van der Waals surface area contributed by atoms with Crippen molar-refractivity contribution >= 4 is 11.9 Å². The highest BCUT2D eigenvalue weighted by Gasteiger charge is 2.33. The van der Waals surface area contributed by atoms with Crippen molar-refractivity contribution in [3.8, 4) is 0 Å². The van der Waals surface area contributed by atoms with E-state index < -0.39 is 12.3 Å². The van der Waals surface area contributed by atoms with E-state index in [9.17, 15) is 13.6 Å². The number of hydrogen-bond acceptors (Lipinski definition) is 4. The molecule has 2 saturated carbocycles. The van der Waals surface area contributed by atoms with Crippen LogP contribution >= 0.6 is 0 Å². The van der Waals surface area contributed by atoms with Crippen molar-refractivity contribution in [2.75, 3.05) is 0 Å². The minimum absolute atomic E-state index is 0.115. The number of alkyl halides is 2. The van der Waals surface area contributed by atoms with E-state index >= 15 is 0 Å². The molecule has 6 nitrogen and oxygen atoms in total. The molecule has 2 aliphatic carbocycles. The molecule has 0 spiro atoms. The predicted molar refractivity (Wildman–Crippen MR) is 106 cm³/mol.